The summed E-state index contributed by atoms with van der Waals surface area (Å²) in [5.74, 6) is 3.27. The summed E-state index contributed by atoms with van der Waals surface area (Å²) >= 11 is 1.60. The van der Waals surface area contributed by atoms with E-state index in [1.165, 1.54) is 0 Å². The molecule has 4 rings (SSSR count). The molecule has 0 radical (unpaired) electrons. The molecule has 1 unspecified atom stereocenters. The van der Waals surface area contributed by atoms with E-state index in [0.717, 1.165) is 61.4 Å². The van der Waals surface area contributed by atoms with Gasteiger partial charge >= 0.3 is 0 Å². The Labute approximate surface area is 169 Å². The number of rotatable bonds is 5. The Morgan fingerprint density at radius 1 is 1.25 bits per heavy atom. The summed E-state index contributed by atoms with van der Waals surface area (Å²) < 4.78 is 11.8. The molecule has 28 heavy (non-hydrogen) atoms. The summed E-state index contributed by atoms with van der Waals surface area (Å²) in [7, 11) is 0. The van der Waals surface area contributed by atoms with Gasteiger partial charge in [-0.3, -0.25) is 4.79 Å². The highest BCUT2D eigenvalue weighted by molar-refractivity contribution is 7.08. The van der Waals surface area contributed by atoms with Crippen molar-refractivity contribution in [2.75, 3.05) is 6.54 Å². The average Bonchev–Trinajstić information content (AvgIpc) is 3.41. The van der Waals surface area contributed by atoms with Gasteiger partial charge in [0.25, 0.3) is 0 Å². The minimum atomic E-state index is 0.0128. The maximum atomic E-state index is 13.2. The second-order valence-corrected chi connectivity index (χ2v) is 8.10. The number of thiophene rings is 1. The van der Waals surface area contributed by atoms with Gasteiger partial charge in [-0.05, 0) is 43.3 Å². The third-order valence-electron chi connectivity index (χ3n) is 5.41. The quantitative estimate of drug-likeness (QED) is 0.565. The van der Waals surface area contributed by atoms with E-state index in [0.29, 0.717) is 11.7 Å². The van der Waals surface area contributed by atoms with E-state index in [9.17, 15) is 4.79 Å². The zero-order valence-electron chi connectivity index (χ0n) is 16.4. The predicted octanol–water partition coefficient (Wildman–Crippen LogP) is 5.55. The summed E-state index contributed by atoms with van der Waals surface area (Å²) in [6.07, 6.45) is 5.36. The summed E-state index contributed by atoms with van der Waals surface area (Å²) in [5, 5.41) is 4.00. The number of hydrogen-bond donors (Lipinski definition) is 0. The zero-order chi connectivity index (χ0) is 19.5. The number of carbonyl (C=O) groups excluding carboxylic acids is 1. The van der Waals surface area contributed by atoms with Crippen LogP contribution in [0.4, 0.5) is 0 Å². The van der Waals surface area contributed by atoms with Crippen LogP contribution in [0.1, 0.15) is 61.6 Å². The van der Waals surface area contributed by atoms with Gasteiger partial charge in [0.15, 0.2) is 0 Å². The average molecular weight is 399 g/mol. The lowest BCUT2D eigenvalue weighted by molar-refractivity contribution is -0.133. The van der Waals surface area contributed by atoms with Crippen LogP contribution in [0.15, 0.2) is 37.8 Å². The number of furan rings is 1. The van der Waals surface area contributed by atoms with Gasteiger partial charge in [0, 0.05) is 23.9 Å². The molecule has 0 saturated carbocycles. The Balaban J connectivity index is 1.55. The first-order chi connectivity index (χ1) is 13.7. The molecule has 0 bridgehead atoms. The monoisotopic (exact) mass is 398 g/mol. The van der Waals surface area contributed by atoms with Crippen LogP contribution in [0, 0.1) is 6.92 Å². The number of nitrogens with zero attached hydrogens (tertiary/aromatic N) is 2. The molecule has 5 nitrogen and oxygen atoms in total. The van der Waals surface area contributed by atoms with Crippen molar-refractivity contribution in [1.29, 1.82) is 0 Å². The molecule has 1 amide bonds. The Kier molecular flexibility index (Phi) is 5.67. The topological polar surface area (TPSA) is 59.5 Å². The second kappa shape index (κ2) is 8.35. The SMILES string of the molecule is CCc1ccc(C2CCCCCN2C(=O)Cc2nc(-c3ccsc3)oc2C)o1. The molecule has 4 heterocycles. The first-order valence-electron chi connectivity index (χ1n) is 10.0. The van der Waals surface area contributed by atoms with E-state index in [1.807, 2.05) is 40.8 Å². The van der Waals surface area contributed by atoms with E-state index in [1.54, 1.807) is 11.3 Å². The second-order valence-electron chi connectivity index (χ2n) is 7.32. The number of oxazole rings is 1. The van der Waals surface area contributed by atoms with Crippen molar-refractivity contribution < 1.29 is 13.6 Å². The number of aromatic nitrogens is 1. The lowest BCUT2D eigenvalue weighted by Gasteiger charge is -2.28. The molecule has 148 valence electrons. The predicted molar refractivity (Wildman–Crippen MR) is 109 cm³/mol. The molecular weight excluding hydrogens is 372 g/mol. The third kappa shape index (κ3) is 3.92. The van der Waals surface area contributed by atoms with Crippen LogP contribution in [0.2, 0.25) is 0 Å². The summed E-state index contributed by atoms with van der Waals surface area (Å²) in [5.41, 5.74) is 1.69. The summed E-state index contributed by atoms with van der Waals surface area (Å²) in [4.78, 5) is 19.8. The molecule has 6 heteroatoms. The van der Waals surface area contributed by atoms with Crippen LogP contribution in [0.25, 0.3) is 11.5 Å². The van der Waals surface area contributed by atoms with Crippen LogP contribution >= 0.6 is 11.3 Å². The molecule has 1 atom stereocenters. The van der Waals surface area contributed by atoms with Crippen molar-refractivity contribution in [2.45, 2.75) is 58.4 Å². The Morgan fingerprint density at radius 2 is 2.14 bits per heavy atom. The van der Waals surface area contributed by atoms with Crippen molar-refractivity contribution in [2.24, 2.45) is 0 Å². The van der Waals surface area contributed by atoms with Crippen molar-refractivity contribution in [1.82, 2.24) is 9.88 Å². The highest BCUT2D eigenvalue weighted by atomic mass is 32.1. The van der Waals surface area contributed by atoms with Gasteiger partial charge in [-0.1, -0.05) is 19.8 Å². The fourth-order valence-electron chi connectivity index (χ4n) is 3.81. The lowest BCUT2D eigenvalue weighted by atomic mass is 10.1. The van der Waals surface area contributed by atoms with E-state index in [2.05, 4.69) is 11.9 Å². The number of hydrogen-bond acceptors (Lipinski definition) is 5. The van der Waals surface area contributed by atoms with Crippen molar-refractivity contribution in [3.63, 3.8) is 0 Å². The van der Waals surface area contributed by atoms with E-state index < -0.39 is 0 Å². The van der Waals surface area contributed by atoms with E-state index in [-0.39, 0.29) is 18.4 Å². The maximum Gasteiger partial charge on any atom is 0.229 e. The number of aryl methyl sites for hydroxylation is 2. The third-order valence-corrected chi connectivity index (χ3v) is 6.10. The van der Waals surface area contributed by atoms with Crippen molar-refractivity contribution in [3.8, 4) is 11.5 Å². The number of likely N-dealkylation sites (tertiary alicyclic amines) is 1. The standard InChI is InChI=1S/C22H26N2O3S/c1-3-17-8-9-20(27-17)19-7-5-4-6-11-24(19)21(25)13-18-15(2)26-22(23-18)16-10-12-28-14-16/h8-10,12,14,19H,3-7,11,13H2,1-2H3. The minimum Gasteiger partial charge on any atom is -0.464 e. The fourth-order valence-corrected chi connectivity index (χ4v) is 4.44. The van der Waals surface area contributed by atoms with Crippen molar-refractivity contribution >= 4 is 17.2 Å². The summed E-state index contributed by atoms with van der Waals surface area (Å²) in [6, 6.07) is 6.05. The molecule has 1 fully saturated rings. The fraction of sp³-hybridized carbons (Fsp3) is 0.455. The number of amides is 1. The van der Waals surface area contributed by atoms with Crippen molar-refractivity contribution in [3.05, 3.63) is 51.9 Å². The van der Waals surface area contributed by atoms with Gasteiger partial charge in [0.1, 0.15) is 17.3 Å². The Bertz CT molecular complexity index is 926. The van der Waals surface area contributed by atoms with Crippen LogP contribution in [0.5, 0.6) is 0 Å². The minimum absolute atomic E-state index is 0.0128. The molecule has 0 aromatic carbocycles. The molecule has 0 spiro atoms. The first-order valence-corrected chi connectivity index (χ1v) is 11.0. The lowest BCUT2D eigenvalue weighted by Crippen LogP contribution is -2.36. The smallest absolute Gasteiger partial charge is 0.229 e. The van der Waals surface area contributed by atoms with Gasteiger partial charge < -0.3 is 13.7 Å². The van der Waals surface area contributed by atoms with Crippen LogP contribution in [-0.2, 0) is 17.6 Å². The number of carbonyl (C=O) groups is 1. The van der Waals surface area contributed by atoms with Gasteiger partial charge in [0.2, 0.25) is 11.8 Å². The Hall–Kier alpha value is -2.34. The van der Waals surface area contributed by atoms with Crippen LogP contribution < -0.4 is 0 Å². The molecule has 1 aliphatic heterocycles. The highest BCUT2D eigenvalue weighted by Gasteiger charge is 2.30. The van der Waals surface area contributed by atoms with Gasteiger partial charge in [-0.25, -0.2) is 4.98 Å². The zero-order valence-corrected chi connectivity index (χ0v) is 17.3. The van der Waals surface area contributed by atoms with Crippen LogP contribution in [-0.4, -0.2) is 22.3 Å². The van der Waals surface area contributed by atoms with E-state index in [4.69, 9.17) is 8.83 Å². The largest absolute Gasteiger partial charge is 0.464 e. The molecule has 3 aromatic rings. The van der Waals surface area contributed by atoms with Gasteiger partial charge in [0.05, 0.1) is 18.2 Å². The molecule has 0 N–H and O–H groups in total. The molecule has 1 saturated heterocycles. The van der Waals surface area contributed by atoms with Crippen LogP contribution in [0.3, 0.4) is 0 Å². The molecular formula is C22H26N2O3S. The molecule has 1 aliphatic rings. The molecule has 0 aliphatic carbocycles. The first kappa shape index (κ1) is 19.0. The summed E-state index contributed by atoms with van der Waals surface area (Å²) in [6.45, 7) is 4.72. The normalized spacial score (nSPS) is 17.6. The molecule has 3 aromatic heterocycles. The van der Waals surface area contributed by atoms with Gasteiger partial charge in [-0.15, -0.1) is 0 Å². The maximum absolute atomic E-state index is 13.2. The Morgan fingerprint density at radius 3 is 2.89 bits per heavy atom. The van der Waals surface area contributed by atoms with E-state index >= 15 is 0 Å². The highest BCUT2D eigenvalue weighted by Crippen LogP contribution is 2.32. The van der Waals surface area contributed by atoms with Gasteiger partial charge in [-0.2, -0.15) is 11.3 Å².